The highest BCUT2D eigenvalue weighted by molar-refractivity contribution is 7.90. The van der Waals surface area contributed by atoms with E-state index < -0.39 is 90.9 Å². The number of sulfonamides is 5. The smallest absolute Gasteiger partial charge is 0.497 e. The topological polar surface area (TPSA) is 328 Å². The molecule has 0 bridgehead atoms. The van der Waals surface area contributed by atoms with E-state index in [9.17, 15) is 69.6 Å². The number of likely N-dealkylation sites (tertiary alicyclic amines) is 4. The van der Waals surface area contributed by atoms with Crippen LogP contribution < -0.4 is 14.8 Å². The Hall–Kier alpha value is -6.61. The molecule has 1 saturated carbocycles. The van der Waals surface area contributed by atoms with E-state index in [2.05, 4.69) is 43.2 Å². The number of benzene rings is 5. The van der Waals surface area contributed by atoms with Crippen LogP contribution in [-0.4, -0.2) is 301 Å². The van der Waals surface area contributed by atoms with Gasteiger partial charge >= 0.3 is 6.36 Å². The summed E-state index contributed by atoms with van der Waals surface area (Å²) in [4.78, 5) is 44.2. The lowest BCUT2D eigenvalue weighted by molar-refractivity contribution is -0.274. The van der Waals surface area contributed by atoms with Crippen molar-refractivity contribution in [2.24, 2.45) is 5.92 Å². The van der Waals surface area contributed by atoms with Crippen LogP contribution in [0.4, 0.5) is 13.2 Å². The molecule has 5 spiro atoms. The molecule has 1 aliphatic carbocycles. The summed E-state index contributed by atoms with van der Waals surface area (Å²) >= 11 is 0. The Bertz CT molecular complexity index is 5000. The average Bonchev–Trinajstić information content (AvgIpc) is 1.68. The van der Waals surface area contributed by atoms with Crippen molar-refractivity contribution in [1.82, 2.24) is 46.4 Å². The van der Waals surface area contributed by atoms with Crippen molar-refractivity contribution in [2.75, 3.05) is 165 Å². The van der Waals surface area contributed by atoms with Crippen molar-refractivity contribution in [2.45, 2.75) is 164 Å². The molecular weight excluding hydrogens is 1670 g/mol. The van der Waals surface area contributed by atoms with E-state index in [1.165, 1.54) is 82.9 Å². The summed E-state index contributed by atoms with van der Waals surface area (Å²) in [5, 5.41) is 3.15. The van der Waals surface area contributed by atoms with Crippen molar-refractivity contribution in [3.63, 3.8) is 0 Å². The van der Waals surface area contributed by atoms with Gasteiger partial charge in [-0.2, -0.15) is 21.5 Å². The van der Waals surface area contributed by atoms with Crippen molar-refractivity contribution in [3.8, 4) is 11.5 Å². The maximum absolute atomic E-state index is 13.2. The monoisotopic (exact) mass is 1790 g/mol. The Balaban J connectivity index is 0.000000139. The number of carbonyl (C=O) groups is 3. The fourth-order valence-electron chi connectivity index (χ4n) is 17.4. The molecule has 38 heteroatoms. The number of nitrogens with one attached hydrogen (secondary N) is 1. The average molecular weight is 1790 g/mol. The number of carbonyl (C=O) groups excluding carboxylic acids is 3. The van der Waals surface area contributed by atoms with Crippen LogP contribution in [0.25, 0.3) is 0 Å². The van der Waals surface area contributed by atoms with Gasteiger partial charge in [-0.05, 0) is 151 Å². The third-order valence-electron chi connectivity index (χ3n) is 24.6. The second-order valence-corrected chi connectivity index (χ2v) is 41.4. The van der Waals surface area contributed by atoms with Crippen LogP contribution in [0.3, 0.4) is 0 Å². The van der Waals surface area contributed by atoms with Crippen molar-refractivity contribution >= 4 is 67.5 Å². The molecule has 0 atom stereocenters. The second kappa shape index (κ2) is 38.7. The molecule has 10 saturated heterocycles. The first-order chi connectivity index (χ1) is 57.4. The van der Waals surface area contributed by atoms with Crippen molar-refractivity contribution < 1.29 is 103 Å². The maximum atomic E-state index is 13.2. The number of halogens is 3. The van der Waals surface area contributed by atoms with Crippen LogP contribution >= 0.6 is 0 Å². The van der Waals surface area contributed by atoms with Crippen LogP contribution in [0.5, 0.6) is 11.5 Å². The normalized spacial score (nSPS) is 22.6. The lowest BCUT2D eigenvalue weighted by atomic mass is 10.0. The van der Waals surface area contributed by atoms with E-state index in [-0.39, 0.29) is 48.4 Å². The number of hydrogen-bond donors (Lipinski definition) is 1. The fourth-order valence-corrected chi connectivity index (χ4v) is 26.1. The quantitative estimate of drug-likeness (QED) is 0.0563. The Morgan fingerprint density at radius 1 is 0.421 bits per heavy atom. The lowest BCUT2D eigenvalue weighted by Gasteiger charge is -2.43. The molecule has 1 N–H and O–H groups in total. The zero-order valence-corrected chi connectivity index (χ0v) is 73.6. The number of nitrogens with zero attached hydrogens (tertiary/aromatic N) is 9. The molecule has 5 aromatic rings. The second-order valence-electron chi connectivity index (χ2n) is 32.1. The molecule has 11 aliphatic rings. The maximum Gasteiger partial charge on any atom is 0.573 e. The molecule has 0 unspecified atom stereocenters. The minimum Gasteiger partial charge on any atom is -0.497 e. The molecule has 5 aromatic carbocycles. The van der Waals surface area contributed by atoms with Gasteiger partial charge in [0.25, 0.3) is 0 Å². The van der Waals surface area contributed by atoms with Crippen LogP contribution in [0, 0.1) is 5.92 Å². The predicted octanol–water partition coefficient (Wildman–Crippen LogP) is 8.55. The molecule has 10 heterocycles. The highest BCUT2D eigenvalue weighted by Crippen LogP contribution is 2.45. The van der Waals surface area contributed by atoms with Gasteiger partial charge in [-0.1, -0.05) is 49.4 Å². The van der Waals surface area contributed by atoms with Gasteiger partial charge in [0.15, 0.2) is 17.3 Å². The van der Waals surface area contributed by atoms with E-state index in [0.29, 0.717) is 159 Å². The van der Waals surface area contributed by atoms with E-state index in [1.807, 2.05) is 13.1 Å². The van der Waals surface area contributed by atoms with Crippen molar-refractivity contribution in [3.05, 3.63) is 151 Å². The van der Waals surface area contributed by atoms with Gasteiger partial charge in [0, 0.05) is 179 Å². The molecular formula is C83H113F3N10O20S5. The number of hydrogen-bond acceptors (Lipinski definition) is 25. The van der Waals surface area contributed by atoms with Crippen LogP contribution in [-0.2, 0) is 73.8 Å². The summed E-state index contributed by atoms with van der Waals surface area (Å²) in [6.45, 7) is 25.0. The molecule has 30 nitrogen and oxygen atoms in total. The van der Waals surface area contributed by atoms with Crippen LogP contribution in [0.2, 0.25) is 0 Å². The summed E-state index contributed by atoms with van der Waals surface area (Å²) in [5.74, 6) is 0.790. The summed E-state index contributed by atoms with van der Waals surface area (Å²) < 4.78 is 213. The largest absolute Gasteiger partial charge is 0.573 e. The van der Waals surface area contributed by atoms with Crippen LogP contribution in [0.15, 0.2) is 158 Å². The molecule has 666 valence electrons. The van der Waals surface area contributed by atoms with E-state index in [1.54, 1.807) is 76.4 Å². The first kappa shape index (κ1) is 93.5. The standard InChI is InChI=1S/C19H26N2O4S.2C17H24N2O4S.C16H22N2O4S.C14H17F3N2O4S/c1-15(22)17-4-6-18(7-5-17)26(23,24)21-12-13-25-19(21)8-10-20(11-9-19)14-16-2-3-16;1-3-18-10-8-17(9-11-18)19(12-13-23-17)24(21,22)16-6-4-15(5-7-16)14(2)20;1-3-10-18-11-8-17(9-12-18)19(13-14-23-17)24(20,21)16-6-4-15(22-2)5-7-16;1-13(19)14-3-5-15(6-4-14)23(20,21)18-11-12-22-16(18)7-9-17(2)10-8-16;15-14(16,17)23-11-1-3-12(4-2-11)24(20,21)19-9-10-22-13(19)5-7-18-8-6-13/h4-7,16H,2-3,8-14H2,1H3;4-7H,3,8-13H2,1-2H3;3-7H,1,8-14H2,2H3;3-6H,7-12H2,1-2H3;1-4,18H,5-10H2. The molecule has 121 heavy (non-hydrogen) atoms. The number of methoxy groups -OCH3 is 1. The van der Waals surface area contributed by atoms with Gasteiger partial charge in [-0.15, -0.1) is 19.8 Å². The number of ketones is 3. The Labute approximate surface area is 709 Å². The zero-order chi connectivity index (χ0) is 87.0. The first-order valence-corrected chi connectivity index (χ1v) is 48.4. The molecule has 10 aliphatic heterocycles. The molecule has 0 radical (unpaired) electrons. The lowest BCUT2D eigenvalue weighted by Crippen LogP contribution is -2.55. The minimum atomic E-state index is -4.82. The molecule has 16 rings (SSSR count). The Morgan fingerprint density at radius 3 is 0.967 bits per heavy atom. The van der Waals surface area contributed by atoms with E-state index >= 15 is 0 Å². The predicted molar refractivity (Wildman–Crippen MR) is 443 cm³/mol. The van der Waals surface area contributed by atoms with Gasteiger partial charge in [-0.3, -0.25) is 19.3 Å². The highest BCUT2D eigenvalue weighted by Gasteiger charge is 2.56. The molecule has 0 aromatic heterocycles. The van der Waals surface area contributed by atoms with E-state index in [0.717, 1.165) is 102 Å². The summed E-state index contributed by atoms with van der Waals surface area (Å²) in [6, 6.07) is 29.3. The van der Waals surface area contributed by atoms with E-state index in [4.69, 9.17) is 28.4 Å². The SMILES string of the molecule is C=CCN1CCC2(CC1)OCCN2S(=O)(=O)c1ccc(OC)cc1.CC(=O)c1ccc(S(=O)(=O)N2CCOC23CCN(C)CC3)cc1.CC(=O)c1ccc(S(=O)(=O)N2CCOC23CCN(CC2CC2)CC3)cc1.CCN1CCC2(CC1)OCCN2S(=O)(=O)c1ccc(C(C)=O)cc1.O=S(=O)(c1ccc(OC(F)(F)F)cc1)N1CCOC12CCNCC2. The number of Topliss-reactive ketones (excluding diaryl/α,β-unsaturated/α-hetero) is 3. The zero-order valence-electron chi connectivity index (χ0n) is 69.5. The Morgan fingerprint density at radius 2 is 0.694 bits per heavy atom. The summed E-state index contributed by atoms with van der Waals surface area (Å²) in [5.41, 5.74) is -2.19. The van der Waals surface area contributed by atoms with Crippen LogP contribution in [0.1, 0.15) is 136 Å². The Kier molecular flexibility index (Phi) is 29.9. The summed E-state index contributed by atoms with van der Waals surface area (Å²) in [6.07, 6.45) is 6.27. The van der Waals surface area contributed by atoms with Gasteiger partial charge in [0.05, 0.1) is 64.6 Å². The van der Waals surface area contributed by atoms with Gasteiger partial charge in [0.1, 0.15) is 40.1 Å². The molecule has 11 fully saturated rings. The number of ether oxygens (including phenoxy) is 7. The third kappa shape index (κ3) is 21.2. The van der Waals surface area contributed by atoms with Gasteiger partial charge < -0.3 is 53.2 Å². The number of alkyl halides is 3. The van der Waals surface area contributed by atoms with Crippen molar-refractivity contribution in [1.29, 1.82) is 0 Å². The first-order valence-electron chi connectivity index (χ1n) is 41.2. The number of piperidine rings is 5. The van der Waals surface area contributed by atoms with Gasteiger partial charge in [-0.25, -0.2) is 42.1 Å². The summed E-state index contributed by atoms with van der Waals surface area (Å²) in [7, 11) is -14.8. The molecule has 0 amide bonds. The number of rotatable bonds is 20. The highest BCUT2D eigenvalue weighted by atomic mass is 32.2. The third-order valence-corrected chi connectivity index (χ3v) is 34.4. The fraction of sp³-hybridized carbons (Fsp3) is 0.578. The minimum absolute atomic E-state index is 0.0713. The van der Waals surface area contributed by atoms with Gasteiger partial charge in [0.2, 0.25) is 50.1 Å².